The number of hydrogen-bond donors (Lipinski definition) is 0. The van der Waals surface area contributed by atoms with Crippen LogP contribution in [0, 0.1) is 0 Å². The second kappa shape index (κ2) is 4.60. The molecule has 1 atom stereocenters. The van der Waals surface area contributed by atoms with Gasteiger partial charge in [0.25, 0.3) is 11.8 Å². The van der Waals surface area contributed by atoms with Crippen LogP contribution in [0.1, 0.15) is 34.6 Å². The van der Waals surface area contributed by atoms with E-state index in [0.29, 0.717) is 11.1 Å². The van der Waals surface area contributed by atoms with Crippen molar-refractivity contribution >= 4 is 17.8 Å². The van der Waals surface area contributed by atoms with Gasteiger partial charge in [-0.3, -0.25) is 14.5 Å². The number of benzene rings is 1. The molecule has 0 N–H and O–H groups in total. The fourth-order valence-corrected chi connectivity index (χ4v) is 1.93. The van der Waals surface area contributed by atoms with Crippen molar-refractivity contribution in [3.8, 4) is 0 Å². The van der Waals surface area contributed by atoms with Crippen molar-refractivity contribution in [2.75, 3.05) is 6.61 Å². The van der Waals surface area contributed by atoms with Crippen molar-refractivity contribution in [2.24, 2.45) is 0 Å². The number of imide groups is 1. The maximum absolute atomic E-state index is 12.1. The molecule has 2 rings (SSSR count). The number of fused-ring (bicyclic) bond motifs is 1. The van der Waals surface area contributed by atoms with Crippen LogP contribution in [0.15, 0.2) is 24.3 Å². The van der Waals surface area contributed by atoms with E-state index in [1.54, 1.807) is 31.2 Å². The molecule has 1 aliphatic rings. The Morgan fingerprint density at radius 2 is 1.72 bits per heavy atom. The van der Waals surface area contributed by atoms with Gasteiger partial charge in [-0.1, -0.05) is 12.1 Å². The summed E-state index contributed by atoms with van der Waals surface area (Å²) in [6, 6.07) is 5.61. The van der Waals surface area contributed by atoms with Crippen LogP contribution in [-0.2, 0) is 9.53 Å². The molecule has 0 radical (unpaired) electrons. The van der Waals surface area contributed by atoms with Crippen LogP contribution in [0.4, 0.5) is 0 Å². The molecule has 0 aliphatic carbocycles. The summed E-state index contributed by atoms with van der Waals surface area (Å²) in [6.07, 6.45) is 0. The highest BCUT2D eigenvalue weighted by Gasteiger charge is 2.41. The third-order valence-corrected chi connectivity index (χ3v) is 2.84. The Labute approximate surface area is 104 Å². The van der Waals surface area contributed by atoms with Gasteiger partial charge in [-0.05, 0) is 26.0 Å². The van der Waals surface area contributed by atoms with E-state index in [0.717, 1.165) is 4.90 Å². The molecule has 1 heterocycles. The fourth-order valence-electron chi connectivity index (χ4n) is 1.93. The molecule has 0 spiro atoms. The lowest BCUT2D eigenvalue weighted by Crippen LogP contribution is -2.43. The number of hydrogen-bond acceptors (Lipinski definition) is 4. The molecule has 1 aromatic carbocycles. The number of carbonyl (C=O) groups is 3. The van der Waals surface area contributed by atoms with Gasteiger partial charge in [0.1, 0.15) is 6.04 Å². The Morgan fingerprint density at radius 1 is 1.22 bits per heavy atom. The molecule has 0 unspecified atom stereocenters. The minimum atomic E-state index is -0.905. The van der Waals surface area contributed by atoms with Gasteiger partial charge in [0.05, 0.1) is 17.7 Å². The average molecular weight is 247 g/mol. The number of rotatable bonds is 3. The zero-order valence-corrected chi connectivity index (χ0v) is 10.2. The highest BCUT2D eigenvalue weighted by molar-refractivity contribution is 6.22. The van der Waals surface area contributed by atoms with Crippen LogP contribution in [0.2, 0.25) is 0 Å². The van der Waals surface area contributed by atoms with E-state index in [1.165, 1.54) is 6.92 Å². The van der Waals surface area contributed by atoms with E-state index < -0.39 is 23.8 Å². The van der Waals surface area contributed by atoms with E-state index in [1.807, 2.05) is 0 Å². The predicted octanol–water partition coefficient (Wildman–Crippen LogP) is 1.23. The highest BCUT2D eigenvalue weighted by atomic mass is 16.5. The van der Waals surface area contributed by atoms with E-state index in [9.17, 15) is 14.4 Å². The third-order valence-electron chi connectivity index (χ3n) is 2.84. The van der Waals surface area contributed by atoms with Gasteiger partial charge in [-0.2, -0.15) is 0 Å². The summed E-state index contributed by atoms with van der Waals surface area (Å²) in [7, 11) is 0. The molecular weight excluding hydrogens is 234 g/mol. The summed E-state index contributed by atoms with van der Waals surface area (Å²) in [5.41, 5.74) is 0.664. The second-order valence-corrected chi connectivity index (χ2v) is 3.95. The summed E-state index contributed by atoms with van der Waals surface area (Å²) < 4.78 is 4.83. The lowest BCUT2D eigenvalue weighted by Gasteiger charge is -2.20. The minimum Gasteiger partial charge on any atom is -0.464 e. The molecule has 0 aromatic heterocycles. The smallest absolute Gasteiger partial charge is 0.329 e. The van der Waals surface area contributed by atoms with Crippen molar-refractivity contribution in [2.45, 2.75) is 19.9 Å². The fraction of sp³-hybridized carbons (Fsp3) is 0.308. The Kier molecular flexibility index (Phi) is 3.14. The van der Waals surface area contributed by atoms with E-state index in [4.69, 9.17) is 4.74 Å². The van der Waals surface area contributed by atoms with Crippen LogP contribution in [0.3, 0.4) is 0 Å². The summed E-state index contributed by atoms with van der Waals surface area (Å²) in [5, 5.41) is 0. The number of carbonyl (C=O) groups excluding carboxylic acids is 3. The molecule has 2 amide bonds. The SMILES string of the molecule is CCOC(=O)[C@@H](C)N1C(=O)c2ccccc2C1=O. The molecule has 5 nitrogen and oxygen atoms in total. The standard InChI is InChI=1S/C13H13NO4/c1-3-18-13(17)8(2)14-11(15)9-6-4-5-7-10(9)12(14)16/h4-8H,3H2,1-2H3/t8-/m1/s1. The monoisotopic (exact) mass is 247 g/mol. The molecule has 0 saturated heterocycles. The maximum Gasteiger partial charge on any atom is 0.329 e. The Balaban J connectivity index is 2.31. The van der Waals surface area contributed by atoms with Crippen LogP contribution >= 0.6 is 0 Å². The van der Waals surface area contributed by atoms with Crippen molar-refractivity contribution in [3.63, 3.8) is 0 Å². The first-order chi connectivity index (χ1) is 8.57. The van der Waals surface area contributed by atoms with Gasteiger partial charge in [0.15, 0.2) is 0 Å². The van der Waals surface area contributed by atoms with Crippen LogP contribution in [0.5, 0.6) is 0 Å². The van der Waals surface area contributed by atoms with Gasteiger partial charge in [0.2, 0.25) is 0 Å². The molecule has 1 aliphatic heterocycles. The first-order valence-corrected chi connectivity index (χ1v) is 5.71. The highest BCUT2D eigenvalue weighted by Crippen LogP contribution is 2.24. The molecule has 18 heavy (non-hydrogen) atoms. The van der Waals surface area contributed by atoms with E-state index in [2.05, 4.69) is 0 Å². The van der Waals surface area contributed by atoms with Crippen molar-refractivity contribution < 1.29 is 19.1 Å². The third kappa shape index (κ3) is 1.77. The Bertz CT molecular complexity index is 488. The van der Waals surface area contributed by atoms with Crippen molar-refractivity contribution in [3.05, 3.63) is 35.4 Å². The molecule has 0 saturated carbocycles. The Morgan fingerprint density at radius 3 is 2.17 bits per heavy atom. The molecule has 94 valence electrons. The normalized spacial score (nSPS) is 15.6. The predicted molar refractivity (Wildman–Crippen MR) is 63.0 cm³/mol. The van der Waals surface area contributed by atoms with Crippen molar-refractivity contribution in [1.82, 2.24) is 4.90 Å². The maximum atomic E-state index is 12.1. The van der Waals surface area contributed by atoms with Gasteiger partial charge in [-0.25, -0.2) is 4.79 Å². The topological polar surface area (TPSA) is 63.7 Å². The van der Waals surface area contributed by atoms with Crippen molar-refractivity contribution in [1.29, 1.82) is 0 Å². The molecule has 0 bridgehead atoms. The molecule has 0 fully saturated rings. The largest absolute Gasteiger partial charge is 0.464 e. The lowest BCUT2D eigenvalue weighted by atomic mass is 10.1. The first-order valence-electron chi connectivity index (χ1n) is 5.71. The van der Waals surface area contributed by atoms with Crippen LogP contribution < -0.4 is 0 Å². The van der Waals surface area contributed by atoms with Gasteiger partial charge >= 0.3 is 5.97 Å². The average Bonchev–Trinajstić information content (AvgIpc) is 2.62. The number of nitrogens with zero attached hydrogens (tertiary/aromatic N) is 1. The van der Waals surface area contributed by atoms with Gasteiger partial charge < -0.3 is 4.74 Å². The zero-order valence-electron chi connectivity index (χ0n) is 10.2. The number of amides is 2. The second-order valence-electron chi connectivity index (χ2n) is 3.95. The number of ether oxygens (including phenoxy) is 1. The van der Waals surface area contributed by atoms with Gasteiger partial charge in [-0.15, -0.1) is 0 Å². The lowest BCUT2D eigenvalue weighted by molar-refractivity contribution is -0.147. The van der Waals surface area contributed by atoms with Crippen LogP contribution in [-0.4, -0.2) is 35.3 Å². The molecule has 5 heteroatoms. The summed E-state index contributed by atoms with van der Waals surface area (Å²) in [4.78, 5) is 36.7. The zero-order chi connectivity index (χ0) is 13.3. The summed E-state index contributed by atoms with van der Waals surface area (Å²) >= 11 is 0. The Hall–Kier alpha value is -2.17. The quantitative estimate of drug-likeness (QED) is 0.595. The van der Waals surface area contributed by atoms with E-state index >= 15 is 0 Å². The van der Waals surface area contributed by atoms with Crippen LogP contribution in [0.25, 0.3) is 0 Å². The van der Waals surface area contributed by atoms with E-state index in [-0.39, 0.29) is 6.61 Å². The molecular formula is C13H13NO4. The molecule has 1 aromatic rings. The first kappa shape index (κ1) is 12.3. The summed E-state index contributed by atoms with van der Waals surface area (Å²) in [6.45, 7) is 3.37. The number of esters is 1. The van der Waals surface area contributed by atoms with Gasteiger partial charge in [0, 0.05) is 0 Å². The summed E-state index contributed by atoms with van der Waals surface area (Å²) in [5.74, 6) is -1.47. The minimum absolute atomic E-state index is 0.215.